The van der Waals surface area contributed by atoms with E-state index in [9.17, 15) is 13.2 Å². The highest BCUT2D eigenvalue weighted by Crippen LogP contribution is 2.20. The second-order valence-electron chi connectivity index (χ2n) is 6.17. The van der Waals surface area contributed by atoms with Crippen LogP contribution in [0, 0.1) is 0 Å². The SMILES string of the molecule is CCN(CC)S(=O)(=O)N1CCn2nc(C(=O)N3CCCC3)cc2C1. The van der Waals surface area contributed by atoms with Crippen molar-refractivity contribution in [3.63, 3.8) is 0 Å². The predicted octanol–water partition coefficient (Wildman–Crippen LogP) is 0.521. The number of hydrogen-bond donors (Lipinski definition) is 0. The molecule has 1 fully saturated rings. The van der Waals surface area contributed by atoms with Gasteiger partial charge in [0.05, 0.1) is 18.8 Å². The Morgan fingerprint density at radius 1 is 1.17 bits per heavy atom. The summed E-state index contributed by atoms with van der Waals surface area (Å²) in [6.45, 7) is 7.25. The van der Waals surface area contributed by atoms with Crippen LogP contribution in [0.25, 0.3) is 0 Å². The summed E-state index contributed by atoms with van der Waals surface area (Å²) in [6.07, 6.45) is 2.07. The average Bonchev–Trinajstić information content (AvgIpc) is 3.23. The molecule has 134 valence electrons. The van der Waals surface area contributed by atoms with Gasteiger partial charge in [-0.3, -0.25) is 9.48 Å². The van der Waals surface area contributed by atoms with Crippen molar-refractivity contribution in [1.29, 1.82) is 0 Å². The molecule has 0 aliphatic carbocycles. The second-order valence-corrected chi connectivity index (χ2v) is 8.10. The third-order valence-electron chi connectivity index (χ3n) is 4.73. The molecule has 0 bridgehead atoms. The Bertz CT molecular complexity index is 705. The van der Waals surface area contributed by atoms with Crippen LogP contribution in [-0.2, 0) is 23.3 Å². The Morgan fingerprint density at radius 3 is 2.46 bits per heavy atom. The van der Waals surface area contributed by atoms with Crippen molar-refractivity contribution < 1.29 is 13.2 Å². The Balaban J connectivity index is 1.78. The molecule has 1 aromatic rings. The summed E-state index contributed by atoms with van der Waals surface area (Å²) in [5.41, 5.74) is 1.20. The van der Waals surface area contributed by atoms with Gasteiger partial charge in [0.1, 0.15) is 0 Å². The second kappa shape index (κ2) is 6.81. The summed E-state index contributed by atoms with van der Waals surface area (Å²) >= 11 is 0. The highest BCUT2D eigenvalue weighted by Gasteiger charge is 2.32. The molecule has 0 saturated carbocycles. The standard InChI is InChI=1S/C15H25N5O3S/c1-3-18(4-2)24(22,23)19-9-10-20-13(12-19)11-14(16-20)15(21)17-7-5-6-8-17/h11H,3-10,12H2,1-2H3. The molecule has 2 aliphatic rings. The molecule has 0 radical (unpaired) electrons. The van der Waals surface area contributed by atoms with Gasteiger partial charge in [-0.05, 0) is 18.9 Å². The summed E-state index contributed by atoms with van der Waals surface area (Å²) < 4.78 is 30.0. The molecule has 1 amide bonds. The van der Waals surface area contributed by atoms with Gasteiger partial charge in [-0.1, -0.05) is 13.8 Å². The Morgan fingerprint density at radius 2 is 1.83 bits per heavy atom. The molecule has 24 heavy (non-hydrogen) atoms. The first kappa shape index (κ1) is 17.4. The van der Waals surface area contributed by atoms with Crippen molar-refractivity contribution in [2.24, 2.45) is 0 Å². The molecule has 0 unspecified atom stereocenters. The smallest absolute Gasteiger partial charge is 0.282 e. The van der Waals surface area contributed by atoms with Crippen molar-refractivity contribution in [3.8, 4) is 0 Å². The molecule has 0 aromatic carbocycles. The van der Waals surface area contributed by atoms with Gasteiger partial charge in [0.25, 0.3) is 16.1 Å². The van der Waals surface area contributed by atoms with E-state index in [0.29, 0.717) is 31.9 Å². The molecule has 0 spiro atoms. The zero-order valence-corrected chi connectivity index (χ0v) is 15.1. The van der Waals surface area contributed by atoms with Gasteiger partial charge in [0, 0.05) is 32.7 Å². The van der Waals surface area contributed by atoms with E-state index in [0.717, 1.165) is 31.6 Å². The number of rotatable bonds is 5. The third-order valence-corrected chi connectivity index (χ3v) is 6.87. The van der Waals surface area contributed by atoms with E-state index >= 15 is 0 Å². The van der Waals surface area contributed by atoms with E-state index < -0.39 is 10.2 Å². The number of carbonyl (C=O) groups excluding carboxylic acids is 1. The Hall–Kier alpha value is -1.45. The quantitative estimate of drug-likeness (QED) is 0.771. The highest BCUT2D eigenvalue weighted by atomic mass is 32.2. The minimum absolute atomic E-state index is 0.0486. The number of fused-ring (bicyclic) bond motifs is 1. The zero-order chi connectivity index (χ0) is 17.3. The van der Waals surface area contributed by atoms with Crippen LogP contribution in [-0.4, -0.2) is 70.3 Å². The lowest BCUT2D eigenvalue weighted by Crippen LogP contribution is -2.46. The molecular weight excluding hydrogens is 330 g/mol. The first-order valence-corrected chi connectivity index (χ1v) is 9.98. The van der Waals surface area contributed by atoms with Crippen LogP contribution in [0.3, 0.4) is 0 Å². The summed E-state index contributed by atoms with van der Waals surface area (Å²) in [5.74, 6) is -0.0486. The number of nitrogens with zero attached hydrogens (tertiary/aromatic N) is 5. The lowest BCUT2D eigenvalue weighted by molar-refractivity contribution is 0.0786. The maximum absolute atomic E-state index is 12.7. The molecule has 0 N–H and O–H groups in total. The lowest BCUT2D eigenvalue weighted by Gasteiger charge is -2.31. The Kier molecular flexibility index (Phi) is 4.93. The minimum Gasteiger partial charge on any atom is -0.337 e. The van der Waals surface area contributed by atoms with Crippen LogP contribution in [0.5, 0.6) is 0 Å². The van der Waals surface area contributed by atoms with E-state index in [1.54, 1.807) is 10.7 Å². The van der Waals surface area contributed by atoms with Crippen molar-refractivity contribution in [2.75, 3.05) is 32.7 Å². The normalized spacial score (nSPS) is 19.0. The van der Waals surface area contributed by atoms with Crippen molar-refractivity contribution in [2.45, 2.75) is 39.8 Å². The summed E-state index contributed by atoms with van der Waals surface area (Å²) in [6, 6.07) is 1.74. The molecule has 2 aliphatic heterocycles. The van der Waals surface area contributed by atoms with E-state index in [2.05, 4.69) is 5.10 Å². The van der Waals surface area contributed by atoms with Crippen LogP contribution in [0.15, 0.2) is 6.07 Å². The van der Waals surface area contributed by atoms with Crippen LogP contribution < -0.4 is 0 Å². The Labute approximate surface area is 143 Å². The van der Waals surface area contributed by atoms with Gasteiger partial charge in [-0.25, -0.2) is 0 Å². The number of likely N-dealkylation sites (tertiary alicyclic amines) is 1. The van der Waals surface area contributed by atoms with Crippen LogP contribution in [0.2, 0.25) is 0 Å². The van der Waals surface area contributed by atoms with Crippen LogP contribution in [0.4, 0.5) is 0 Å². The number of carbonyl (C=O) groups is 1. The molecule has 3 heterocycles. The lowest BCUT2D eigenvalue weighted by atomic mass is 10.3. The molecule has 9 heteroatoms. The summed E-state index contributed by atoms with van der Waals surface area (Å²) in [7, 11) is -3.46. The first-order chi connectivity index (χ1) is 11.5. The summed E-state index contributed by atoms with van der Waals surface area (Å²) in [4.78, 5) is 14.3. The molecule has 8 nitrogen and oxygen atoms in total. The van der Waals surface area contributed by atoms with E-state index in [1.807, 2.05) is 18.7 Å². The van der Waals surface area contributed by atoms with Gasteiger partial charge < -0.3 is 4.90 Å². The molecule has 3 rings (SSSR count). The van der Waals surface area contributed by atoms with Crippen molar-refractivity contribution in [1.82, 2.24) is 23.3 Å². The molecule has 1 saturated heterocycles. The molecule has 0 atom stereocenters. The molecule has 1 aromatic heterocycles. The van der Waals surface area contributed by atoms with Crippen LogP contribution in [0.1, 0.15) is 42.9 Å². The number of amides is 1. The van der Waals surface area contributed by atoms with E-state index in [1.165, 1.54) is 8.61 Å². The van der Waals surface area contributed by atoms with Gasteiger partial charge in [0.2, 0.25) is 0 Å². The minimum atomic E-state index is -3.46. The van der Waals surface area contributed by atoms with Crippen molar-refractivity contribution >= 4 is 16.1 Å². The van der Waals surface area contributed by atoms with Gasteiger partial charge in [-0.15, -0.1) is 0 Å². The number of hydrogen-bond acceptors (Lipinski definition) is 4. The monoisotopic (exact) mass is 355 g/mol. The summed E-state index contributed by atoms with van der Waals surface area (Å²) in [5, 5.41) is 4.39. The predicted molar refractivity (Wildman–Crippen MR) is 89.6 cm³/mol. The molecular formula is C15H25N5O3S. The fourth-order valence-corrected chi connectivity index (χ4v) is 4.93. The van der Waals surface area contributed by atoms with E-state index in [-0.39, 0.29) is 12.5 Å². The fraction of sp³-hybridized carbons (Fsp3) is 0.733. The maximum Gasteiger partial charge on any atom is 0.282 e. The topological polar surface area (TPSA) is 78.8 Å². The zero-order valence-electron chi connectivity index (χ0n) is 14.3. The highest BCUT2D eigenvalue weighted by molar-refractivity contribution is 7.86. The first-order valence-electron chi connectivity index (χ1n) is 8.58. The van der Waals surface area contributed by atoms with Gasteiger partial charge in [0.15, 0.2) is 5.69 Å². The van der Waals surface area contributed by atoms with Crippen LogP contribution >= 0.6 is 0 Å². The average molecular weight is 355 g/mol. The fourth-order valence-electron chi connectivity index (χ4n) is 3.34. The maximum atomic E-state index is 12.7. The largest absolute Gasteiger partial charge is 0.337 e. The van der Waals surface area contributed by atoms with Gasteiger partial charge >= 0.3 is 0 Å². The third kappa shape index (κ3) is 3.07. The van der Waals surface area contributed by atoms with E-state index in [4.69, 9.17) is 0 Å². The van der Waals surface area contributed by atoms with Crippen molar-refractivity contribution in [3.05, 3.63) is 17.5 Å². The number of aromatic nitrogens is 2. The van der Waals surface area contributed by atoms with Gasteiger partial charge in [-0.2, -0.15) is 22.1 Å².